The van der Waals surface area contributed by atoms with E-state index in [0.717, 1.165) is 5.69 Å². The maximum absolute atomic E-state index is 12.3. The van der Waals surface area contributed by atoms with E-state index in [1.165, 1.54) is 5.56 Å². The first-order valence-electron chi connectivity index (χ1n) is 7.43. The molecule has 0 aliphatic heterocycles. The van der Waals surface area contributed by atoms with Gasteiger partial charge in [0.15, 0.2) is 5.82 Å². The van der Waals surface area contributed by atoms with E-state index in [0.29, 0.717) is 23.2 Å². The van der Waals surface area contributed by atoms with Gasteiger partial charge in [-0.25, -0.2) is 9.97 Å². The first kappa shape index (κ1) is 15.7. The third-order valence-corrected chi connectivity index (χ3v) is 3.26. The molecule has 1 amide bonds. The molecule has 3 aromatic rings. The van der Waals surface area contributed by atoms with Crippen LogP contribution < -0.4 is 10.6 Å². The van der Waals surface area contributed by atoms with Crippen molar-refractivity contribution < 1.29 is 9.32 Å². The molecule has 2 N–H and O–H groups in total. The van der Waals surface area contributed by atoms with Crippen LogP contribution in [0.25, 0.3) is 0 Å². The average Bonchev–Trinajstić information content (AvgIpc) is 2.94. The molecule has 0 aliphatic rings. The van der Waals surface area contributed by atoms with Crippen molar-refractivity contribution in [2.75, 3.05) is 10.6 Å². The minimum Gasteiger partial charge on any atom is -0.360 e. The first-order valence-corrected chi connectivity index (χ1v) is 7.43. The Morgan fingerprint density at radius 1 is 1.00 bits per heavy atom. The van der Waals surface area contributed by atoms with Crippen molar-refractivity contribution in [3.8, 4) is 0 Å². The molecule has 0 radical (unpaired) electrons. The molecule has 24 heavy (non-hydrogen) atoms. The van der Waals surface area contributed by atoms with Gasteiger partial charge in [-0.1, -0.05) is 22.9 Å². The van der Waals surface area contributed by atoms with Crippen LogP contribution in [0.3, 0.4) is 0 Å². The van der Waals surface area contributed by atoms with Gasteiger partial charge in [0.05, 0.1) is 0 Å². The summed E-state index contributed by atoms with van der Waals surface area (Å²) in [6, 6.07) is 11.1. The summed E-state index contributed by atoms with van der Waals surface area (Å²) in [4.78, 5) is 20.8. The molecule has 0 bridgehead atoms. The highest BCUT2D eigenvalue weighted by Gasteiger charge is 2.13. The van der Waals surface area contributed by atoms with Crippen molar-refractivity contribution >= 4 is 23.2 Å². The summed E-state index contributed by atoms with van der Waals surface area (Å²) < 4.78 is 4.93. The Morgan fingerprint density at radius 2 is 1.75 bits per heavy atom. The maximum atomic E-state index is 12.3. The molecule has 122 valence electrons. The van der Waals surface area contributed by atoms with E-state index < -0.39 is 0 Å². The summed E-state index contributed by atoms with van der Waals surface area (Å²) in [7, 11) is 0. The summed E-state index contributed by atoms with van der Waals surface area (Å²) >= 11 is 0. The summed E-state index contributed by atoms with van der Waals surface area (Å²) in [5, 5.41) is 9.55. The zero-order valence-corrected chi connectivity index (χ0v) is 13.6. The average molecular weight is 323 g/mol. The van der Waals surface area contributed by atoms with Crippen LogP contribution in [0.2, 0.25) is 0 Å². The summed E-state index contributed by atoms with van der Waals surface area (Å²) in [5.41, 5.74) is 2.30. The van der Waals surface area contributed by atoms with Crippen LogP contribution in [0.15, 0.2) is 40.9 Å². The Labute approximate surface area is 139 Å². The van der Waals surface area contributed by atoms with E-state index in [9.17, 15) is 4.79 Å². The van der Waals surface area contributed by atoms with Crippen molar-refractivity contribution in [2.24, 2.45) is 0 Å². The molecule has 0 atom stereocenters. The van der Waals surface area contributed by atoms with Gasteiger partial charge in [-0.05, 0) is 32.9 Å². The quantitative estimate of drug-likeness (QED) is 0.764. The Morgan fingerprint density at radius 3 is 2.42 bits per heavy atom. The second-order valence-electron chi connectivity index (χ2n) is 5.45. The van der Waals surface area contributed by atoms with Gasteiger partial charge >= 0.3 is 0 Å². The molecule has 2 aromatic heterocycles. The molecule has 0 saturated heterocycles. The van der Waals surface area contributed by atoms with E-state index in [4.69, 9.17) is 4.52 Å². The van der Waals surface area contributed by atoms with Crippen LogP contribution in [0.4, 0.5) is 17.3 Å². The Balaban J connectivity index is 1.80. The van der Waals surface area contributed by atoms with Gasteiger partial charge in [0.2, 0.25) is 0 Å². The molecule has 7 nitrogen and oxygen atoms in total. The Bertz CT molecular complexity index is 871. The molecule has 0 fully saturated rings. The number of carbonyl (C=O) groups is 1. The van der Waals surface area contributed by atoms with Gasteiger partial charge in [-0.2, -0.15) is 0 Å². The molecule has 2 heterocycles. The van der Waals surface area contributed by atoms with Crippen LogP contribution in [-0.2, 0) is 0 Å². The van der Waals surface area contributed by atoms with Crippen molar-refractivity contribution in [3.05, 3.63) is 59.2 Å². The summed E-state index contributed by atoms with van der Waals surface area (Å²) in [6.07, 6.45) is 0. The molecule has 0 aliphatic carbocycles. The number of nitrogens with zero attached hydrogens (tertiary/aromatic N) is 3. The molecule has 0 saturated carbocycles. The predicted octanol–water partition coefficient (Wildman–Crippen LogP) is 3.39. The fourth-order valence-corrected chi connectivity index (χ4v) is 2.14. The molecule has 7 heteroatoms. The fourth-order valence-electron chi connectivity index (χ4n) is 2.14. The lowest BCUT2D eigenvalue weighted by Gasteiger charge is -2.08. The van der Waals surface area contributed by atoms with Crippen LogP contribution in [-0.4, -0.2) is 21.0 Å². The van der Waals surface area contributed by atoms with Gasteiger partial charge in [0.1, 0.15) is 23.1 Å². The van der Waals surface area contributed by atoms with Crippen LogP contribution in [0.1, 0.15) is 27.6 Å². The number of carbonyl (C=O) groups excluding carboxylic acids is 1. The lowest BCUT2D eigenvalue weighted by Crippen LogP contribution is -2.15. The second-order valence-corrected chi connectivity index (χ2v) is 5.45. The fraction of sp³-hybridized carbons (Fsp3) is 0.176. The zero-order chi connectivity index (χ0) is 17.1. The van der Waals surface area contributed by atoms with Crippen LogP contribution >= 0.6 is 0 Å². The number of nitrogens with one attached hydrogen (secondary N) is 2. The lowest BCUT2D eigenvalue weighted by molar-refractivity contribution is 0.102. The number of anilines is 3. The SMILES string of the molecule is Cc1ccc(Nc2cc(C(=O)Nc3cc(C)on3)nc(C)n2)cc1. The molecular formula is C17H17N5O2. The van der Waals surface area contributed by atoms with Crippen molar-refractivity contribution in [3.63, 3.8) is 0 Å². The zero-order valence-electron chi connectivity index (χ0n) is 13.6. The van der Waals surface area contributed by atoms with Crippen LogP contribution in [0, 0.1) is 20.8 Å². The Hall–Kier alpha value is -3.22. The van der Waals surface area contributed by atoms with Crippen molar-refractivity contribution in [1.29, 1.82) is 0 Å². The highest BCUT2D eigenvalue weighted by atomic mass is 16.5. The van der Waals surface area contributed by atoms with E-state index in [1.54, 1.807) is 26.0 Å². The van der Waals surface area contributed by atoms with E-state index in [1.807, 2.05) is 31.2 Å². The van der Waals surface area contributed by atoms with Crippen molar-refractivity contribution in [2.45, 2.75) is 20.8 Å². The number of hydrogen-bond donors (Lipinski definition) is 2. The number of rotatable bonds is 4. The highest BCUT2D eigenvalue weighted by Crippen LogP contribution is 2.17. The van der Waals surface area contributed by atoms with Crippen molar-refractivity contribution in [1.82, 2.24) is 15.1 Å². The number of amides is 1. The van der Waals surface area contributed by atoms with Gasteiger partial charge < -0.3 is 15.2 Å². The number of aromatic nitrogens is 3. The van der Waals surface area contributed by atoms with E-state index >= 15 is 0 Å². The normalized spacial score (nSPS) is 10.5. The third kappa shape index (κ3) is 3.75. The molecule has 0 unspecified atom stereocenters. The molecule has 3 rings (SSSR count). The van der Waals surface area contributed by atoms with Gasteiger partial charge in [-0.15, -0.1) is 0 Å². The van der Waals surface area contributed by atoms with Gasteiger partial charge in [0, 0.05) is 17.8 Å². The summed E-state index contributed by atoms with van der Waals surface area (Å²) in [6.45, 7) is 5.51. The third-order valence-electron chi connectivity index (χ3n) is 3.26. The number of benzene rings is 1. The predicted molar refractivity (Wildman–Crippen MR) is 90.4 cm³/mol. The van der Waals surface area contributed by atoms with E-state index in [-0.39, 0.29) is 11.6 Å². The number of aryl methyl sites for hydroxylation is 3. The largest absolute Gasteiger partial charge is 0.360 e. The topological polar surface area (TPSA) is 92.9 Å². The lowest BCUT2D eigenvalue weighted by atomic mass is 10.2. The monoisotopic (exact) mass is 323 g/mol. The Kier molecular flexibility index (Phi) is 4.24. The van der Waals surface area contributed by atoms with Gasteiger partial charge in [-0.3, -0.25) is 4.79 Å². The minimum atomic E-state index is -0.374. The van der Waals surface area contributed by atoms with Crippen LogP contribution in [0.5, 0.6) is 0 Å². The minimum absolute atomic E-state index is 0.248. The molecule has 0 spiro atoms. The first-order chi connectivity index (χ1) is 11.5. The smallest absolute Gasteiger partial charge is 0.275 e. The molecular weight excluding hydrogens is 306 g/mol. The highest BCUT2D eigenvalue weighted by molar-refractivity contribution is 6.02. The second kappa shape index (κ2) is 6.49. The van der Waals surface area contributed by atoms with Gasteiger partial charge in [0.25, 0.3) is 5.91 Å². The standard InChI is InChI=1S/C17H17N5O2/c1-10-4-6-13(7-5-10)20-15-9-14(18-12(3)19-15)17(23)21-16-8-11(2)24-22-16/h4-9H,1-3H3,(H,18,19,20)(H,21,22,23). The van der Waals surface area contributed by atoms with E-state index in [2.05, 4.69) is 25.8 Å². The molecule has 1 aromatic carbocycles. The maximum Gasteiger partial charge on any atom is 0.275 e. The number of hydrogen-bond acceptors (Lipinski definition) is 6. The summed E-state index contributed by atoms with van der Waals surface area (Å²) in [5.74, 6) is 1.63.